The first-order valence-corrected chi connectivity index (χ1v) is 19.2. The zero-order valence-corrected chi connectivity index (χ0v) is 22.2. The summed E-state index contributed by atoms with van der Waals surface area (Å²) in [5, 5.41) is 0. The summed E-state index contributed by atoms with van der Waals surface area (Å²) in [5.74, 6) is 5.74. The SMILES string of the molecule is C[C@]12CCC3C(CC[C@]4(O[Si](C)(C)C)[C@@H]5C[C@@H]5C[C@]34C)C1CC=C2O[Si](C)(C)C. The van der Waals surface area contributed by atoms with E-state index in [1.807, 2.05) is 0 Å². The molecule has 2 nitrogen and oxygen atoms in total. The van der Waals surface area contributed by atoms with Crippen LogP contribution in [0.2, 0.25) is 39.3 Å². The second kappa shape index (κ2) is 6.04. The minimum absolute atomic E-state index is 0.209. The Balaban J connectivity index is 1.44. The number of allylic oxidation sites excluding steroid dienone is 2. The third-order valence-electron chi connectivity index (χ3n) is 9.69. The highest BCUT2D eigenvalue weighted by Gasteiger charge is 2.74. The van der Waals surface area contributed by atoms with E-state index in [9.17, 15) is 0 Å². The van der Waals surface area contributed by atoms with Crippen molar-refractivity contribution in [3.63, 3.8) is 0 Å². The molecule has 0 N–H and O–H groups in total. The first-order valence-electron chi connectivity index (χ1n) is 12.4. The van der Waals surface area contributed by atoms with Crippen LogP contribution in [0.4, 0.5) is 0 Å². The van der Waals surface area contributed by atoms with Crippen molar-refractivity contribution in [1.82, 2.24) is 0 Å². The molecule has 0 saturated heterocycles. The Morgan fingerprint density at radius 1 is 0.897 bits per heavy atom. The molecule has 3 unspecified atom stereocenters. The van der Waals surface area contributed by atoms with Gasteiger partial charge in [-0.3, -0.25) is 0 Å². The molecule has 5 rings (SSSR count). The molecule has 0 aromatic carbocycles. The van der Waals surface area contributed by atoms with Crippen molar-refractivity contribution in [3.8, 4) is 0 Å². The van der Waals surface area contributed by atoms with Gasteiger partial charge in [0, 0.05) is 5.41 Å². The second-order valence-electron chi connectivity index (χ2n) is 13.7. The quantitative estimate of drug-likeness (QED) is 0.437. The van der Waals surface area contributed by atoms with Crippen LogP contribution < -0.4 is 0 Å². The van der Waals surface area contributed by atoms with E-state index < -0.39 is 16.6 Å². The fourth-order valence-corrected chi connectivity index (χ4v) is 11.3. The van der Waals surface area contributed by atoms with Gasteiger partial charge in [-0.25, -0.2) is 0 Å². The highest BCUT2D eigenvalue weighted by Crippen LogP contribution is 2.76. The molecule has 29 heavy (non-hydrogen) atoms. The van der Waals surface area contributed by atoms with Crippen molar-refractivity contribution in [2.24, 2.45) is 40.4 Å². The van der Waals surface area contributed by atoms with Crippen molar-refractivity contribution < 1.29 is 8.85 Å². The van der Waals surface area contributed by atoms with E-state index in [1.54, 1.807) is 0 Å². The highest BCUT2D eigenvalue weighted by atomic mass is 28.4. The van der Waals surface area contributed by atoms with E-state index in [1.165, 1.54) is 50.7 Å². The Kier molecular flexibility index (Phi) is 4.33. The van der Waals surface area contributed by atoms with Crippen molar-refractivity contribution >= 4 is 16.6 Å². The smallest absolute Gasteiger partial charge is 0.241 e. The van der Waals surface area contributed by atoms with E-state index in [0.717, 1.165) is 29.6 Å². The fraction of sp³-hybridized carbons (Fsp3) is 0.920. The number of hydrogen-bond donors (Lipinski definition) is 0. The summed E-state index contributed by atoms with van der Waals surface area (Å²) in [7, 11) is -3.11. The predicted molar refractivity (Wildman–Crippen MR) is 126 cm³/mol. The summed E-state index contributed by atoms with van der Waals surface area (Å²) in [6.45, 7) is 19.5. The molecular weight excluding hydrogens is 388 g/mol. The molecule has 8 atom stereocenters. The van der Waals surface area contributed by atoms with E-state index in [0.29, 0.717) is 10.8 Å². The lowest BCUT2D eigenvalue weighted by Crippen LogP contribution is -2.62. The van der Waals surface area contributed by atoms with Crippen molar-refractivity contribution in [1.29, 1.82) is 0 Å². The van der Waals surface area contributed by atoms with Gasteiger partial charge in [-0.05, 0) is 125 Å². The van der Waals surface area contributed by atoms with Gasteiger partial charge in [-0.1, -0.05) is 13.8 Å². The van der Waals surface area contributed by atoms with Gasteiger partial charge in [0.2, 0.25) is 8.32 Å². The van der Waals surface area contributed by atoms with Crippen LogP contribution in [0.25, 0.3) is 0 Å². The molecule has 0 amide bonds. The monoisotopic (exact) mass is 432 g/mol. The van der Waals surface area contributed by atoms with Crippen LogP contribution in [0.3, 0.4) is 0 Å². The van der Waals surface area contributed by atoms with Gasteiger partial charge in [-0.15, -0.1) is 0 Å². The Hall–Kier alpha value is -0.0662. The van der Waals surface area contributed by atoms with Gasteiger partial charge in [0.1, 0.15) is 0 Å². The van der Waals surface area contributed by atoms with Crippen LogP contribution in [-0.2, 0) is 8.85 Å². The Morgan fingerprint density at radius 2 is 1.62 bits per heavy atom. The number of fused-ring (bicyclic) bond motifs is 7. The maximum Gasteiger partial charge on any atom is 0.241 e. The molecule has 5 aliphatic carbocycles. The molecule has 164 valence electrons. The van der Waals surface area contributed by atoms with Crippen LogP contribution in [-0.4, -0.2) is 22.2 Å². The van der Waals surface area contributed by atoms with E-state index in [4.69, 9.17) is 8.85 Å². The largest absolute Gasteiger partial charge is 0.547 e. The molecule has 0 aromatic heterocycles. The second-order valence-corrected chi connectivity index (χ2v) is 22.6. The summed E-state index contributed by atoms with van der Waals surface area (Å²) >= 11 is 0. The van der Waals surface area contributed by atoms with E-state index >= 15 is 0 Å². The summed E-state index contributed by atoms with van der Waals surface area (Å²) in [6, 6.07) is 0. The van der Waals surface area contributed by atoms with Crippen molar-refractivity contribution in [2.75, 3.05) is 0 Å². The Bertz CT molecular complexity index is 734. The van der Waals surface area contributed by atoms with Gasteiger partial charge in [0.25, 0.3) is 0 Å². The molecule has 0 spiro atoms. The molecule has 4 heteroatoms. The van der Waals surface area contributed by atoms with Crippen molar-refractivity contribution in [2.45, 2.75) is 104 Å². The van der Waals surface area contributed by atoms with Crippen molar-refractivity contribution in [3.05, 3.63) is 11.8 Å². The third kappa shape index (κ3) is 2.94. The third-order valence-corrected chi connectivity index (χ3v) is 11.5. The molecular formula is C25H44O2Si2. The molecule has 4 saturated carbocycles. The zero-order valence-electron chi connectivity index (χ0n) is 20.2. The maximum atomic E-state index is 7.23. The summed E-state index contributed by atoms with van der Waals surface area (Å²) < 4.78 is 13.9. The van der Waals surface area contributed by atoms with Crippen LogP contribution in [0.1, 0.15) is 58.8 Å². The minimum Gasteiger partial charge on any atom is -0.547 e. The van der Waals surface area contributed by atoms with Crippen LogP contribution in [0.5, 0.6) is 0 Å². The standard InChI is InChI=1S/C25H44O2Si2/c1-23-13-12-20-18(19(23)9-10-22(23)26-28(3,4)5)11-14-25(27-29(6,7)8)21-15-17(21)16-24(20,25)2/h10,17-21H,9,11-16H2,1-8H3/t17-,18?,19?,20?,21-,23+,24-,25+/m1/s1. The minimum atomic E-state index is -1.56. The predicted octanol–water partition coefficient (Wildman–Crippen LogP) is 7.20. The van der Waals surface area contributed by atoms with Crippen LogP contribution >= 0.6 is 0 Å². The lowest BCUT2D eigenvalue weighted by atomic mass is 9.46. The topological polar surface area (TPSA) is 18.5 Å². The van der Waals surface area contributed by atoms with Gasteiger partial charge >= 0.3 is 0 Å². The van der Waals surface area contributed by atoms with Gasteiger partial charge in [0.15, 0.2) is 8.32 Å². The molecule has 0 bridgehead atoms. The van der Waals surface area contributed by atoms with Gasteiger partial charge in [0.05, 0.1) is 11.4 Å². The summed E-state index contributed by atoms with van der Waals surface area (Å²) in [6.07, 6.45) is 12.1. The first kappa shape index (κ1) is 20.8. The van der Waals surface area contributed by atoms with E-state index in [-0.39, 0.29) is 5.60 Å². The van der Waals surface area contributed by atoms with Crippen LogP contribution in [0, 0.1) is 40.4 Å². The molecule has 4 fully saturated rings. The van der Waals surface area contributed by atoms with Crippen LogP contribution in [0.15, 0.2) is 11.8 Å². The number of rotatable bonds is 4. The first-order chi connectivity index (χ1) is 13.3. The van der Waals surface area contributed by atoms with E-state index in [2.05, 4.69) is 59.2 Å². The van der Waals surface area contributed by atoms with Gasteiger partial charge < -0.3 is 8.85 Å². The normalized spacial score (nSPS) is 50.9. The highest BCUT2D eigenvalue weighted by molar-refractivity contribution is 6.70. The Labute approximate surface area is 181 Å². The average Bonchev–Trinajstić information content (AvgIpc) is 3.18. The summed E-state index contributed by atoms with van der Waals surface area (Å²) in [4.78, 5) is 0. The molecule has 0 aliphatic heterocycles. The molecule has 5 aliphatic rings. The average molecular weight is 433 g/mol. The van der Waals surface area contributed by atoms with Gasteiger partial charge in [-0.2, -0.15) is 0 Å². The Morgan fingerprint density at radius 3 is 2.28 bits per heavy atom. The zero-order chi connectivity index (χ0) is 21.0. The molecule has 0 aromatic rings. The summed E-state index contributed by atoms with van der Waals surface area (Å²) in [5.41, 5.74) is 0.910. The lowest BCUT2D eigenvalue weighted by Gasteiger charge is -2.63. The fourth-order valence-electron chi connectivity index (χ4n) is 8.79. The lowest BCUT2D eigenvalue weighted by molar-refractivity contribution is -0.170. The molecule has 0 radical (unpaired) electrons. The molecule has 0 heterocycles. The maximum absolute atomic E-state index is 7.23. The number of hydrogen-bond acceptors (Lipinski definition) is 2.